The Morgan fingerprint density at radius 2 is 1.86 bits per heavy atom. The zero-order chi connectivity index (χ0) is 20.9. The number of carboxylic acids is 1. The van der Waals surface area contributed by atoms with Crippen molar-refractivity contribution in [3.8, 4) is 0 Å². The lowest BCUT2D eigenvalue weighted by molar-refractivity contribution is -0.195. The van der Waals surface area contributed by atoms with Crippen LogP contribution in [0.2, 0.25) is 0 Å². The second kappa shape index (κ2) is 5.73. The van der Waals surface area contributed by atoms with E-state index >= 15 is 0 Å². The predicted molar refractivity (Wildman–Crippen MR) is 105 cm³/mol. The van der Waals surface area contributed by atoms with Crippen LogP contribution in [0.15, 0.2) is 11.6 Å². The Hall–Kier alpha value is -1.65. The molecular formula is C24H32O5. The van der Waals surface area contributed by atoms with Crippen LogP contribution >= 0.6 is 0 Å². The second-order valence-corrected chi connectivity index (χ2v) is 11.2. The number of carboxylic acid groups (broad SMARTS) is 1. The Kier molecular flexibility index (Phi) is 3.82. The summed E-state index contributed by atoms with van der Waals surface area (Å²) in [6.45, 7) is 8.56. The average Bonchev–Trinajstić information content (AvgIpc) is 2.97. The van der Waals surface area contributed by atoms with E-state index in [1.165, 1.54) is 5.57 Å². The first-order chi connectivity index (χ1) is 13.6. The molecule has 158 valence electrons. The SMILES string of the molecule is CC(C)C1=C[C@@]23CC[C@H]4[C@](C)(CCC[C@@]4(C)C(=O)O)[C@@H]2C[C@H]1[C@H]1C(=O)OC(=O)[C@@H]13. The summed E-state index contributed by atoms with van der Waals surface area (Å²) in [6, 6.07) is 0. The minimum Gasteiger partial charge on any atom is -0.481 e. The van der Waals surface area contributed by atoms with Gasteiger partial charge in [-0.05, 0) is 68.1 Å². The van der Waals surface area contributed by atoms with Gasteiger partial charge in [0.2, 0.25) is 0 Å². The van der Waals surface area contributed by atoms with Gasteiger partial charge in [0, 0.05) is 5.41 Å². The van der Waals surface area contributed by atoms with E-state index in [-0.39, 0.29) is 52.4 Å². The Morgan fingerprint density at radius 3 is 2.52 bits per heavy atom. The van der Waals surface area contributed by atoms with Gasteiger partial charge in [0.15, 0.2) is 0 Å². The van der Waals surface area contributed by atoms with E-state index in [2.05, 4.69) is 26.8 Å². The van der Waals surface area contributed by atoms with Crippen LogP contribution in [-0.2, 0) is 19.1 Å². The highest BCUT2D eigenvalue weighted by atomic mass is 16.6. The Bertz CT molecular complexity index is 842. The molecule has 0 aromatic heterocycles. The van der Waals surface area contributed by atoms with Crippen LogP contribution in [0.1, 0.15) is 66.2 Å². The lowest BCUT2D eigenvalue weighted by Gasteiger charge is -2.68. The van der Waals surface area contributed by atoms with Crippen molar-refractivity contribution in [2.75, 3.05) is 0 Å². The molecule has 1 aliphatic heterocycles. The number of carbonyl (C=O) groups is 3. The molecule has 5 aliphatic carbocycles. The first kappa shape index (κ1) is 19.3. The minimum atomic E-state index is -0.707. The lowest BCUT2D eigenvalue weighted by Crippen LogP contribution is -2.65. The van der Waals surface area contributed by atoms with Crippen LogP contribution < -0.4 is 0 Å². The van der Waals surface area contributed by atoms with Gasteiger partial charge in [-0.25, -0.2) is 0 Å². The molecule has 0 radical (unpaired) electrons. The molecule has 3 saturated carbocycles. The number of carbonyl (C=O) groups excluding carboxylic acids is 2. The van der Waals surface area contributed by atoms with Crippen molar-refractivity contribution in [3.05, 3.63) is 11.6 Å². The molecule has 1 spiro atoms. The Labute approximate surface area is 172 Å². The smallest absolute Gasteiger partial charge is 0.318 e. The summed E-state index contributed by atoms with van der Waals surface area (Å²) in [5.74, 6) is -1.33. The summed E-state index contributed by atoms with van der Waals surface area (Å²) in [5, 5.41) is 10.1. The number of hydrogen-bond donors (Lipinski definition) is 1. The molecule has 0 unspecified atom stereocenters. The fourth-order valence-electron chi connectivity index (χ4n) is 8.76. The highest BCUT2D eigenvalue weighted by molar-refractivity contribution is 5.98. The molecule has 0 aromatic rings. The van der Waals surface area contributed by atoms with Crippen LogP contribution in [-0.4, -0.2) is 23.0 Å². The maximum absolute atomic E-state index is 12.9. The first-order valence-electron chi connectivity index (χ1n) is 11.3. The zero-order valence-corrected chi connectivity index (χ0v) is 17.9. The third kappa shape index (κ3) is 2.14. The van der Waals surface area contributed by atoms with Crippen molar-refractivity contribution >= 4 is 17.9 Å². The molecule has 4 fully saturated rings. The van der Waals surface area contributed by atoms with Crippen LogP contribution in [0.25, 0.3) is 0 Å². The van der Waals surface area contributed by atoms with Gasteiger partial charge in [-0.2, -0.15) is 0 Å². The standard InChI is InChI=1S/C24H32O5/c1-12(2)14-11-24-9-6-15-22(3,7-5-8-23(15,4)21(27)28)16(24)10-13(14)17-18(24)20(26)29-19(17)25/h11-13,15-18H,5-10H2,1-4H3,(H,27,28)/t13-,15+,16+,17-,18-,22+,23-,24+/m1/s1. The van der Waals surface area contributed by atoms with Gasteiger partial charge >= 0.3 is 17.9 Å². The van der Waals surface area contributed by atoms with Gasteiger partial charge in [-0.1, -0.05) is 38.8 Å². The maximum atomic E-state index is 12.9. The summed E-state index contributed by atoms with van der Waals surface area (Å²) in [4.78, 5) is 37.8. The van der Waals surface area contributed by atoms with E-state index in [4.69, 9.17) is 4.74 Å². The average molecular weight is 401 g/mol. The molecular weight excluding hydrogens is 368 g/mol. The summed E-state index contributed by atoms with van der Waals surface area (Å²) in [7, 11) is 0. The number of esters is 2. The molecule has 6 rings (SSSR count). The summed E-state index contributed by atoms with van der Waals surface area (Å²) >= 11 is 0. The van der Waals surface area contributed by atoms with Gasteiger partial charge in [0.25, 0.3) is 0 Å². The third-order valence-corrected chi connectivity index (χ3v) is 9.89. The maximum Gasteiger partial charge on any atom is 0.318 e. The number of hydrogen-bond acceptors (Lipinski definition) is 4. The van der Waals surface area contributed by atoms with Crippen molar-refractivity contribution in [2.45, 2.75) is 66.2 Å². The molecule has 1 saturated heterocycles. The lowest BCUT2D eigenvalue weighted by atomic mass is 9.34. The van der Waals surface area contributed by atoms with E-state index in [0.29, 0.717) is 5.92 Å². The van der Waals surface area contributed by atoms with Crippen LogP contribution in [0.5, 0.6) is 0 Å². The molecule has 0 amide bonds. The minimum absolute atomic E-state index is 0.0550. The Balaban J connectivity index is 1.67. The highest BCUT2D eigenvalue weighted by Crippen LogP contribution is 2.74. The van der Waals surface area contributed by atoms with E-state index in [1.807, 2.05) is 6.92 Å². The fraction of sp³-hybridized carbons (Fsp3) is 0.792. The summed E-state index contributed by atoms with van der Waals surface area (Å²) in [5.41, 5.74) is 0.122. The summed E-state index contributed by atoms with van der Waals surface area (Å²) in [6.07, 6.45) is 7.48. The molecule has 5 nitrogen and oxygen atoms in total. The zero-order valence-electron chi connectivity index (χ0n) is 17.9. The molecule has 6 aliphatic rings. The van der Waals surface area contributed by atoms with E-state index in [9.17, 15) is 19.5 Å². The van der Waals surface area contributed by atoms with Crippen molar-refractivity contribution in [1.29, 1.82) is 0 Å². The van der Waals surface area contributed by atoms with Gasteiger partial charge in [-0.3, -0.25) is 14.4 Å². The molecule has 1 N–H and O–H groups in total. The van der Waals surface area contributed by atoms with Gasteiger partial charge < -0.3 is 9.84 Å². The first-order valence-corrected chi connectivity index (χ1v) is 11.3. The molecule has 0 aromatic carbocycles. The van der Waals surface area contributed by atoms with Crippen LogP contribution in [0, 0.1) is 51.8 Å². The number of fused-ring (bicyclic) bond motifs is 1. The molecule has 5 heteroatoms. The van der Waals surface area contributed by atoms with E-state index in [1.54, 1.807) is 0 Å². The largest absolute Gasteiger partial charge is 0.481 e. The topological polar surface area (TPSA) is 80.7 Å². The van der Waals surface area contributed by atoms with Crippen molar-refractivity contribution < 1.29 is 24.2 Å². The van der Waals surface area contributed by atoms with Gasteiger partial charge in [-0.15, -0.1) is 0 Å². The molecule has 29 heavy (non-hydrogen) atoms. The summed E-state index contributed by atoms with van der Waals surface area (Å²) < 4.78 is 5.20. The van der Waals surface area contributed by atoms with Crippen LogP contribution in [0.3, 0.4) is 0 Å². The second-order valence-electron chi connectivity index (χ2n) is 11.2. The van der Waals surface area contributed by atoms with E-state index < -0.39 is 11.4 Å². The van der Waals surface area contributed by atoms with E-state index in [0.717, 1.165) is 38.5 Å². The molecule has 8 atom stereocenters. The predicted octanol–water partition coefficient (Wildman–Crippen LogP) is 4.21. The monoisotopic (exact) mass is 400 g/mol. The van der Waals surface area contributed by atoms with Crippen molar-refractivity contribution in [2.24, 2.45) is 51.8 Å². The number of rotatable bonds is 2. The van der Waals surface area contributed by atoms with Gasteiger partial charge in [0.1, 0.15) is 0 Å². The fourth-order valence-corrected chi connectivity index (χ4v) is 8.76. The number of aliphatic carboxylic acids is 1. The Morgan fingerprint density at radius 1 is 1.14 bits per heavy atom. The molecule has 2 bridgehead atoms. The van der Waals surface area contributed by atoms with Gasteiger partial charge in [0.05, 0.1) is 17.3 Å². The normalized spacial score (nSPS) is 50.5. The van der Waals surface area contributed by atoms with Crippen molar-refractivity contribution in [1.82, 2.24) is 0 Å². The quantitative estimate of drug-likeness (QED) is 0.427. The highest BCUT2D eigenvalue weighted by Gasteiger charge is 2.73. The number of ether oxygens (including phenoxy) is 1. The third-order valence-electron chi connectivity index (χ3n) is 9.89. The number of allylic oxidation sites excluding steroid dienone is 2. The van der Waals surface area contributed by atoms with Crippen LogP contribution in [0.4, 0.5) is 0 Å². The molecule has 1 heterocycles. The van der Waals surface area contributed by atoms with Crippen molar-refractivity contribution in [3.63, 3.8) is 0 Å². The number of cyclic esters (lactones) is 2.